The number of likely N-dealkylation sites (N-methyl/N-ethyl adjacent to an activating group) is 1. The van der Waals surface area contributed by atoms with E-state index in [-0.39, 0.29) is 0 Å². The van der Waals surface area contributed by atoms with Crippen LogP contribution in [0.5, 0.6) is 0 Å². The van der Waals surface area contributed by atoms with Crippen molar-refractivity contribution in [3.63, 3.8) is 0 Å². The fourth-order valence-corrected chi connectivity index (χ4v) is 2.12. The molecule has 1 aromatic rings. The van der Waals surface area contributed by atoms with Gasteiger partial charge in [-0.1, -0.05) is 24.3 Å². The van der Waals surface area contributed by atoms with Crippen LogP contribution in [0.2, 0.25) is 0 Å². The number of hydrogen-bond donors (Lipinski definition) is 1. The topological polar surface area (TPSA) is 21.3 Å². The van der Waals surface area contributed by atoms with Crippen molar-refractivity contribution in [3.05, 3.63) is 35.4 Å². The molecule has 0 aliphatic heterocycles. The summed E-state index contributed by atoms with van der Waals surface area (Å²) in [6.45, 7) is 0. The lowest BCUT2D eigenvalue weighted by Crippen LogP contribution is -2.27. The molecular weight excluding hydrogens is 162 g/mol. The normalized spacial score (nSPS) is 26.0. The predicted octanol–water partition coefficient (Wildman–Crippen LogP) is 1.52. The Morgan fingerprint density at radius 3 is 2.85 bits per heavy atom. The Morgan fingerprint density at radius 2 is 2.15 bits per heavy atom. The lowest BCUT2D eigenvalue weighted by molar-refractivity contribution is 0.0815. The molecule has 0 saturated heterocycles. The molecule has 0 unspecified atom stereocenters. The highest BCUT2D eigenvalue weighted by molar-refractivity contribution is 5.36. The van der Waals surface area contributed by atoms with Gasteiger partial charge in [0.05, 0.1) is 12.1 Å². The third-order valence-electron chi connectivity index (χ3n) is 2.80. The minimum Gasteiger partial charge on any atom is -0.379 e. The van der Waals surface area contributed by atoms with Crippen molar-refractivity contribution < 1.29 is 4.74 Å². The van der Waals surface area contributed by atoms with Crippen molar-refractivity contribution in [2.75, 3.05) is 14.2 Å². The van der Waals surface area contributed by atoms with Crippen LogP contribution in [0.25, 0.3) is 0 Å². The van der Waals surface area contributed by atoms with E-state index in [4.69, 9.17) is 4.74 Å². The average molecular weight is 177 g/mol. The van der Waals surface area contributed by atoms with Gasteiger partial charge >= 0.3 is 0 Å². The van der Waals surface area contributed by atoms with E-state index < -0.39 is 0 Å². The van der Waals surface area contributed by atoms with Crippen molar-refractivity contribution >= 4 is 0 Å². The molecule has 1 aliphatic rings. The van der Waals surface area contributed by atoms with Gasteiger partial charge in [0.2, 0.25) is 0 Å². The van der Waals surface area contributed by atoms with Crippen LogP contribution < -0.4 is 5.32 Å². The van der Waals surface area contributed by atoms with E-state index in [1.54, 1.807) is 7.11 Å². The summed E-state index contributed by atoms with van der Waals surface area (Å²) in [5, 5.41) is 3.30. The predicted molar refractivity (Wildman–Crippen MR) is 52.7 cm³/mol. The Bertz CT molecular complexity index is 298. The molecule has 0 spiro atoms. The Labute approximate surface area is 78.9 Å². The quantitative estimate of drug-likeness (QED) is 0.739. The van der Waals surface area contributed by atoms with Gasteiger partial charge < -0.3 is 10.1 Å². The molecular formula is C11H15NO. The van der Waals surface area contributed by atoms with Gasteiger partial charge in [-0.25, -0.2) is 0 Å². The highest BCUT2D eigenvalue weighted by Crippen LogP contribution is 2.32. The Balaban J connectivity index is 2.34. The second-order valence-corrected chi connectivity index (χ2v) is 3.44. The van der Waals surface area contributed by atoms with Crippen molar-refractivity contribution in [1.82, 2.24) is 5.32 Å². The smallest absolute Gasteiger partial charge is 0.0806 e. The third kappa shape index (κ3) is 1.36. The average Bonchev–Trinajstić information content (AvgIpc) is 2.55. The number of nitrogens with one attached hydrogen (secondary N) is 1. The number of fused-ring (bicyclic) bond motifs is 1. The maximum Gasteiger partial charge on any atom is 0.0806 e. The molecule has 0 bridgehead atoms. The highest BCUT2D eigenvalue weighted by atomic mass is 16.5. The number of rotatable bonds is 2. The molecule has 1 N–H and O–H groups in total. The second kappa shape index (κ2) is 3.48. The minimum absolute atomic E-state index is 0.294. The van der Waals surface area contributed by atoms with Gasteiger partial charge in [-0.3, -0.25) is 0 Å². The molecule has 13 heavy (non-hydrogen) atoms. The maximum absolute atomic E-state index is 5.43. The molecule has 2 rings (SSSR count). The Kier molecular flexibility index (Phi) is 2.34. The molecule has 0 heterocycles. The van der Waals surface area contributed by atoms with Gasteiger partial charge in [0.1, 0.15) is 0 Å². The third-order valence-corrected chi connectivity index (χ3v) is 2.80. The monoisotopic (exact) mass is 177 g/mol. The lowest BCUT2D eigenvalue weighted by Gasteiger charge is -2.17. The molecule has 2 heteroatoms. The van der Waals surface area contributed by atoms with Crippen molar-refractivity contribution in [3.8, 4) is 0 Å². The lowest BCUT2D eigenvalue weighted by atomic mass is 10.1. The van der Waals surface area contributed by atoms with Crippen LogP contribution in [0.1, 0.15) is 17.2 Å². The highest BCUT2D eigenvalue weighted by Gasteiger charge is 2.30. The van der Waals surface area contributed by atoms with Crippen LogP contribution in [0.15, 0.2) is 24.3 Å². The summed E-state index contributed by atoms with van der Waals surface area (Å²) in [6, 6.07) is 8.89. The SMILES string of the molecule is CN[C@H]1c2ccccc2C[C@H]1OC. The molecule has 0 saturated carbocycles. The molecule has 0 amide bonds. The van der Waals surface area contributed by atoms with E-state index in [0.717, 1.165) is 6.42 Å². The first-order valence-electron chi connectivity index (χ1n) is 4.64. The Morgan fingerprint density at radius 1 is 1.38 bits per heavy atom. The molecule has 0 radical (unpaired) electrons. The van der Waals surface area contributed by atoms with Crippen molar-refractivity contribution in [2.24, 2.45) is 0 Å². The summed E-state index contributed by atoms with van der Waals surface area (Å²) in [6.07, 6.45) is 1.32. The molecule has 0 fully saturated rings. The summed E-state index contributed by atoms with van der Waals surface area (Å²) in [7, 11) is 3.76. The van der Waals surface area contributed by atoms with Gasteiger partial charge in [-0.2, -0.15) is 0 Å². The fraction of sp³-hybridized carbons (Fsp3) is 0.455. The molecule has 70 valence electrons. The summed E-state index contributed by atoms with van der Waals surface area (Å²) >= 11 is 0. The number of methoxy groups -OCH3 is 1. The first kappa shape index (κ1) is 8.73. The first-order chi connectivity index (χ1) is 6.36. The van der Waals surface area contributed by atoms with Crippen molar-refractivity contribution in [2.45, 2.75) is 18.6 Å². The molecule has 2 nitrogen and oxygen atoms in total. The van der Waals surface area contributed by atoms with Gasteiger partial charge in [0.15, 0.2) is 0 Å². The fourth-order valence-electron chi connectivity index (χ4n) is 2.12. The summed E-state index contributed by atoms with van der Waals surface area (Å²) in [5.74, 6) is 0. The zero-order valence-electron chi connectivity index (χ0n) is 8.08. The van der Waals surface area contributed by atoms with Gasteiger partial charge in [-0.15, -0.1) is 0 Å². The first-order valence-corrected chi connectivity index (χ1v) is 4.64. The molecule has 1 aromatic carbocycles. The summed E-state index contributed by atoms with van der Waals surface area (Å²) < 4.78 is 5.43. The summed E-state index contributed by atoms with van der Waals surface area (Å²) in [4.78, 5) is 0. The van der Waals surface area contributed by atoms with Crippen LogP contribution in [0.3, 0.4) is 0 Å². The van der Waals surface area contributed by atoms with E-state index in [9.17, 15) is 0 Å². The zero-order valence-corrected chi connectivity index (χ0v) is 8.08. The van der Waals surface area contributed by atoms with Gasteiger partial charge in [-0.05, 0) is 18.2 Å². The van der Waals surface area contributed by atoms with E-state index in [1.807, 2.05) is 7.05 Å². The standard InChI is InChI=1S/C11H15NO/c1-12-11-9-6-4-3-5-8(9)7-10(11)13-2/h3-6,10-12H,7H2,1-2H3/t10-,11+/m1/s1. The maximum atomic E-state index is 5.43. The van der Waals surface area contributed by atoms with Crippen LogP contribution in [-0.4, -0.2) is 20.3 Å². The molecule has 2 atom stereocenters. The number of hydrogen-bond acceptors (Lipinski definition) is 2. The van der Waals surface area contributed by atoms with E-state index in [2.05, 4.69) is 29.6 Å². The van der Waals surface area contributed by atoms with Crippen LogP contribution >= 0.6 is 0 Å². The van der Waals surface area contributed by atoms with Crippen LogP contribution in [-0.2, 0) is 11.2 Å². The van der Waals surface area contributed by atoms with E-state index >= 15 is 0 Å². The summed E-state index contributed by atoms with van der Waals surface area (Å²) in [5.41, 5.74) is 2.80. The Hall–Kier alpha value is -0.860. The second-order valence-electron chi connectivity index (χ2n) is 3.44. The van der Waals surface area contributed by atoms with Gasteiger partial charge in [0.25, 0.3) is 0 Å². The zero-order chi connectivity index (χ0) is 9.26. The number of benzene rings is 1. The van der Waals surface area contributed by atoms with E-state index in [1.165, 1.54) is 11.1 Å². The molecule has 0 aromatic heterocycles. The van der Waals surface area contributed by atoms with Gasteiger partial charge in [0, 0.05) is 13.5 Å². The number of ether oxygens (including phenoxy) is 1. The minimum atomic E-state index is 0.294. The largest absolute Gasteiger partial charge is 0.379 e. The van der Waals surface area contributed by atoms with Crippen LogP contribution in [0.4, 0.5) is 0 Å². The van der Waals surface area contributed by atoms with E-state index in [0.29, 0.717) is 12.1 Å². The van der Waals surface area contributed by atoms with Crippen molar-refractivity contribution in [1.29, 1.82) is 0 Å². The molecule has 1 aliphatic carbocycles. The van der Waals surface area contributed by atoms with Crippen LogP contribution in [0, 0.1) is 0 Å².